The molecule has 2 N–H and O–H groups in total. The van der Waals surface area contributed by atoms with Gasteiger partial charge in [0.1, 0.15) is 4.60 Å². The first-order valence-electron chi connectivity index (χ1n) is 5.22. The van der Waals surface area contributed by atoms with Gasteiger partial charge in [0.15, 0.2) is 0 Å². The first kappa shape index (κ1) is 9.36. The first-order chi connectivity index (χ1) is 7.36. The van der Waals surface area contributed by atoms with E-state index in [4.69, 9.17) is 0 Å². The fraction of sp³-hybridized carbons (Fsp3) is 0.364. The van der Waals surface area contributed by atoms with Gasteiger partial charge in [0.25, 0.3) is 0 Å². The Morgan fingerprint density at radius 3 is 3.13 bits per heavy atom. The highest BCUT2D eigenvalue weighted by atomic mass is 79.9. The van der Waals surface area contributed by atoms with Crippen LogP contribution in [0.25, 0.3) is 10.9 Å². The molecule has 1 saturated heterocycles. The van der Waals surface area contributed by atoms with Crippen LogP contribution in [0.5, 0.6) is 0 Å². The van der Waals surface area contributed by atoms with Crippen LogP contribution in [0.1, 0.15) is 24.4 Å². The van der Waals surface area contributed by atoms with Gasteiger partial charge in [0.05, 0.1) is 5.52 Å². The Hall–Kier alpha value is -0.870. The molecule has 1 atom stereocenters. The molecule has 3 rings (SSSR count). The van der Waals surface area contributed by atoms with Crippen molar-refractivity contribution in [2.45, 2.75) is 18.9 Å². The smallest absolute Gasteiger partial charge is 0.109 e. The van der Waals surface area contributed by atoms with E-state index < -0.39 is 0 Å². The molecular formula is C11H12BrN3. The van der Waals surface area contributed by atoms with Crippen LogP contribution in [0.4, 0.5) is 0 Å². The van der Waals surface area contributed by atoms with E-state index in [1.54, 1.807) is 0 Å². The van der Waals surface area contributed by atoms with Crippen molar-refractivity contribution < 1.29 is 0 Å². The SMILES string of the molecule is Brc1[nH]nc2cccc(C3CCCN3)c12. The monoisotopic (exact) mass is 265 g/mol. The average molecular weight is 266 g/mol. The maximum Gasteiger partial charge on any atom is 0.109 e. The molecular weight excluding hydrogens is 254 g/mol. The molecule has 1 aromatic carbocycles. The number of nitrogens with one attached hydrogen (secondary N) is 2. The van der Waals surface area contributed by atoms with Gasteiger partial charge < -0.3 is 5.32 Å². The Labute approximate surface area is 96.4 Å². The van der Waals surface area contributed by atoms with Crippen LogP contribution in [0.2, 0.25) is 0 Å². The van der Waals surface area contributed by atoms with Gasteiger partial charge >= 0.3 is 0 Å². The molecule has 0 spiro atoms. The first-order valence-corrected chi connectivity index (χ1v) is 6.01. The van der Waals surface area contributed by atoms with Gasteiger partial charge in [-0.05, 0) is 46.9 Å². The van der Waals surface area contributed by atoms with Crippen molar-refractivity contribution >= 4 is 26.8 Å². The summed E-state index contributed by atoms with van der Waals surface area (Å²) in [4.78, 5) is 0. The summed E-state index contributed by atoms with van der Waals surface area (Å²) in [5.41, 5.74) is 2.39. The van der Waals surface area contributed by atoms with Gasteiger partial charge in [-0.15, -0.1) is 0 Å². The number of H-pyrrole nitrogens is 1. The van der Waals surface area contributed by atoms with E-state index in [2.05, 4.69) is 43.6 Å². The highest BCUT2D eigenvalue weighted by Gasteiger charge is 2.20. The second-order valence-corrected chi connectivity index (χ2v) is 4.72. The zero-order chi connectivity index (χ0) is 10.3. The lowest BCUT2D eigenvalue weighted by Crippen LogP contribution is -2.12. The number of halogens is 1. The van der Waals surface area contributed by atoms with Crippen molar-refractivity contribution in [3.8, 4) is 0 Å². The molecule has 2 heterocycles. The molecule has 4 heteroatoms. The van der Waals surface area contributed by atoms with Crippen molar-refractivity contribution in [2.24, 2.45) is 0 Å². The summed E-state index contributed by atoms with van der Waals surface area (Å²) in [6, 6.07) is 6.79. The van der Waals surface area contributed by atoms with Crippen LogP contribution >= 0.6 is 15.9 Å². The van der Waals surface area contributed by atoms with Crippen LogP contribution in [0, 0.1) is 0 Å². The van der Waals surface area contributed by atoms with Gasteiger partial charge in [-0.1, -0.05) is 12.1 Å². The third kappa shape index (κ3) is 1.48. The third-order valence-electron chi connectivity index (χ3n) is 3.00. The summed E-state index contributed by atoms with van der Waals surface area (Å²) >= 11 is 3.52. The lowest BCUT2D eigenvalue weighted by molar-refractivity contribution is 0.652. The molecule has 0 amide bonds. The van der Waals surface area contributed by atoms with Crippen molar-refractivity contribution in [3.05, 3.63) is 28.4 Å². The van der Waals surface area contributed by atoms with E-state index in [0.717, 1.165) is 16.7 Å². The van der Waals surface area contributed by atoms with E-state index in [1.165, 1.54) is 23.8 Å². The normalized spacial score (nSPS) is 21.3. The fourth-order valence-corrected chi connectivity index (χ4v) is 2.82. The summed E-state index contributed by atoms with van der Waals surface area (Å²) in [6.07, 6.45) is 2.48. The number of fused-ring (bicyclic) bond motifs is 1. The largest absolute Gasteiger partial charge is 0.310 e. The average Bonchev–Trinajstić information content (AvgIpc) is 2.88. The molecule has 1 unspecified atom stereocenters. The predicted octanol–water partition coefficient (Wildman–Crippen LogP) is 2.75. The number of hydrogen-bond acceptors (Lipinski definition) is 2. The Balaban J connectivity index is 2.19. The molecule has 0 radical (unpaired) electrons. The van der Waals surface area contributed by atoms with Crippen molar-refractivity contribution in [1.82, 2.24) is 15.5 Å². The topological polar surface area (TPSA) is 40.7 Å². The minimum absolute atomic E-state index is 0.489. The number of rotatable bonds is 1. The Morgan fingerprint density at radius 1 is 1.40 bits per heavy atom. The van der Waals surface area contributed by atoms with Gasteiger partial charge in [-0.3, -0.25) is 5.10 Å². The highest BCUT2D eigenvalue weighted by molar-refractivity contribution is 9.10. The molecule has 0 aliphatic carbocycles. The zero-order valence-electron chi connectivity index (χ0n) is 8.26. The Bertz CT molecular complexity index is 486. The predicted molar refractivity (Wildman–Crippen MR) is 63.8 cm³/mol. The van der Waals surface area contributed by atoms with E-state index in [9.17, 15) is 0 Å². The zero-order valence-corrected chi connectivity index (χ0v) is 9.84. The molecule has 1 aliphatic rings. The number of aromatic nitrogens is 2. The summed E-state index contributed by atoms with van der Waals surface area (Å²) < 4.78 is 0.988. The van der Waals surface area contributed by atoms with Gasteiger partial charge in [0.2, 0.25) is 0 Å². The van der Waals surface area contributed by atoms with Crippen LogP contribution in [-0.4, -0.2) is 16.7 Å². The van der Waals surface area contributed by atoms with Crippen molar-refractivity contribution in [2.75, 3.05) is 6.54 Å². The second-order valence-electron chi connectivity index (χ2n) is 3.93. The maximum absolute atomic E-state index is 4.25. The minimum Gasteiger partial charge on any atom is -0.310 e. The molecule has 78 valence electrons. The minimum atomic E-state index is 0.489. The third-order valence-corrected chi connectivity index (χ3v) is 3.58. The summed E-state index contributed by atoms with van der Waals surface area (Å²) in [7, 11) is 0. The maximum atomic E-state index is 4.25. The van der Waals surface area contributed by atoms with E-state index in [1.807, 2.05) is 6.07 Å². The molecule has 0 saturated carbocycles. The van der Waals surface area contributed by atoms with Crippen LogP contribution in [0.3, 0.4) is 0 Å². The fourth-order valence-electron chi connectivity index (χ4n) is 2.30. The van der Waals surface area contributed by atoms with E-state index in [0.29, 0.717) is 6.04 Å². The second kappa shape index (κ2) is 3.61. The van der Waals surface area contributed by atoms with Gasteiger partial charge in [0, 0.05) is 11.4 Å². The standard InChI is InChI=1S/C11H12BrN3/c12-11-10-7(8-5-2-6-13-8)3-1-4-9(10)14-15-11/h1,3-4,8,13H,2,5-6H2,(H,14,15). The van der Waals surface area contributed by atoms with Crippen LogP contribution < -0.4 is 5.32 Å². The molecule has 0 bridgehead atoms. The lowest BCUT2D eigenvalue weighted by atomic mass is 10.0. The molecule has 1 fully saturated rings. The van der Waals surface area contributed by atoms with Crippen molar-refractivity contribution in [3.63, 3.8) is 0 Å². The van der Waals surface area contributed by atoms with E-state index >= 15 is 0 Å². The molecule has 2 aromatic rings. The van der Waals surface area contributed by atoms with E-state index in [-0.39, 0.29) is 0 Å². The highest BCUT2D eigenvalue weighted by Crippen LogP contribution is 2.32. The number of benzene rings is 1. The van der Waals surface area contributed by atoms with Gasteiger partial charge in [-0.2, -0.15) is 5.10 Å². The molecule has 1 aromatic heterocycles. The lowest BCUT2D eigenvalue weighted by Gasteiger charge is -2.11. The summed E-state index contributed by atoms with van der Waals surface area (Å²) in [5.74, 6) is 0. The summed E-state index contributed by atoms with van der Waals surface area (Å²) in [5, 5.41) is 12.0. The molecule has 15 heavy (non-hydrogen) atoms. The van der Waals surface area contributed by atoms with Crippen LogP contribution in [0.15, 0.2) is 22.8 Å². The Kier molecular flexibility index (Phi) is 2.25. The quantitative estimate of drug-likeness (QED) is 0.833. The Morgan fingerprint density at radius 2 is 2.33 bits per heavy atom. The number of nitrogens with zero attached hydrogens (tertiary/aromatic N) is 1. The molecule has 3 nitrogen and oxygen atoms in total. The number of hydrogen-bond donors (Lipinski definition) is 2. The number of aromatic amines is 1. The summed E-state index contributed by atoms with van der Waals surface area (Å²) in [6.45, 7) is 1.12. The van der Waals surface area contributed by atoms with Crippen molar-refractivity contribution in [1.29, 1.82) is 0 Å². The van der Waals surface area contributed by atoms with Crippen LogP contribution in [-0.2, 0) is 0 Å². The van der Waals surface area contributed by atoms with Gasteiger partial charge in [-0.25, -0.2) is 0 Å². The molecule has 1 aliphatic heterocycles.